The molecule has 1 rings (SSSR count). The van der Waals surface area contributed by atoms with Crippen molar-refractivity contribution in [3.8, 4) is 5.75 Å². The number of hydrogen-bond acceptors (Lipinski definition) is 2. The van der Waals surface area contributed by atoms with E-state index in [1.807, 2.05) is 24.3 Å². The number of hydrogen-bond donors (Lipinski definition) is 1. The lowest BCUT2D eigenvalue weighted by Crippen LogP contribution is -1.99. The first-order valence-electron chi connectivity index (χ1n) is 4.60. The number of methoxy groups -OCH3 is 1. The van der Waals surface area contributed by atoms with Crippen molar-refractivity contribution in [2.24, 2.45) is 0 Å². The summed E-state index contributed by atoms with van der Waals surface area (Å²) in [5.41, 5.74) is 0.881. The minimum absolute atomic E-state index is 0.402. The van der Waals surface area contributed by atoms with Gasteiger partial charge in [-0.3, -0.25) is 0 Å². The Bertz CT molecular complexity index is 258. The summed E-state index contributed by atoms with van der Waals surface area (Å²) >= 11 is 0. The molecule has 72 valence electrons. The molecular weight excluding hydrogens is 164 g/mol. The van der Waals surface area contributed by atoms with Gasteiger partial charge in [-0.05, 0) is 12.5 Å². The maximum absolute atomic E-state index is 9.75. The van der Waals surface area contributed by atoms with Crippen molar-refractivity contribution in [1.29, 1.82) is 0 Å². The Morgan fingerprint density at radius 1 is 1.38 bits per heavy atom. The van der Waals surface area contributed by atoms with Gasteiger partial charge in [0.05, 0.1) is 13.2 Å². The molecule has 0 saturated heterocycles. The van der Waals surface area contributed by atoms with E-state index in [0.717, 1.165) is 24.2 Å². The Morgan fingerprint density at radius 3 is 2.69 bits per heavy atom. The highest BCUT2D eigenvalue weighted by Gasteiger charge is 2.10. The largest absolute Gasteiger partial charge is 0.496 e. The van der Waals surface area contributed by atoms with Gasteiger partial charge in [0.15, 0.2) is 0 Å². The van der Waals surface area contributed by atoms with Crippen molar-refractivity contribution in [2.45, 2.75) is 25.9 Å². The molecule has 2 heteroatoms. The Hall–Kier alpha value is -1.02. The van der Waals surface area contributed by atoms with Crippen LogP contribution in [0.3, 0.4) is 0 Å². The van der Waals surface area contributed by atoms with Crippen LogP contribution in [0.2, 0.25) is 0 Å². The summed E-state index contributed by atoms with van der Waals surface area (Å²) in [7, 11) is 1.62. The number of aliphatic hydroxyl groups excluding tert-OH is 1. The highest BCUT2D eigenvalue weighted by Crippen LogP contribution is 2.27. The van der Waals surface area contributed by atoms with Crippen LogP contribution >= 0.6 is 0 Å². The van der Waals surface area contributed by atoms with Gasteiger partial charge in [0.1, 0.15) is 5.75 Å². The van der Waals surface area contributed by atoms with E-state index in [1.165, 1.54) is 0 Å². The normalized spacial score (nSPS) is 12.5. The first-order chi connectivity index (χ1) is 6.29. The van der Waals surface area contributed by atoms with Gasteiger partial charge in [0.25, 0.3) is 0 Å². The Labute approximate surface area is 79.2 Å². The van der Waals surface area contributed by atoms with E-state index in [-0.39, 0.29) is 0 Å². The van der Waals surface area contributed by atoms with E-state index < -0.39 is 6.10 Å². The third kappa shape index (κ3) is 2.46. The van der Waals surface area contributed by atoms with Crippen LogP contribution in [0.4, 0.5) is 0 Å². The molecule has 1 atom stereocenters. The summed E-state index contributed by atoms with van der Waals surface area (Å²) in [4.78, 5) is 0. The molecule has 1 N–H and O–H groups in total. The number of rotatable bonds is 4. The zero-order chi connectivity index (χ0) is 9.68. The van der Waals surface area contributed by atoms with E-state index in [0.29, 0.717) is 0 Å². The standard InChI is InChI=1S/C11H16O2/c1-3-6-10(12)9-7-4-5-8-11(9)13-2/h4-5,7-8,10,12H,3,6H2,1-2H3/t10-/m1/s1. The Kier molecular flexibility index (Phi) is 3.77. The van der Waals surface area contributed by atoms with E-state index in [4.69, 9.17) is 4.74 Å². The molecule has 0 aliphatic rings. The molecule has 0 amide bonds. The average molecular weight is 180 g/mol. The third-order valence-electron chi connectivity index (χ3n) is 2.06. The molecule has 0 bridgehead atoms. The molecule has 1 aromatic rings. The maximum Gasteiger partial charge on any atom is 0.124 e. The molecule has 0 unspecified atom stereocenters. The quantitative estimate of drug-likeness (QED) is 0.771. The highest BCUT2D eigenvalue weighted by molar-refractivity contribution is 5.34. The zero-order valence-electron chi connectivity index (χ0n) is 8.16. The van der Waals surface area contributed by atoms with Gasteiger partial charge in [-0.1, -0.05) is 31.5 Å². The van der Waals surface area contributed by atoms with Crippen LogP contribution in [0.25, 0.3) is 0 Å². The third-order valence-corrected chi connectivity index (χ3v) is 2.06. The molecule has 0 heterocycles. The van der Waals surface area contributed by atoms with Crippen LogP contribution in [-0.4, -0.2) is 12.2 Å². The van der Waals surface area contributed by atoms with Crippen LogP contribution in [0.15, 0.2) is 24.3 Å². The van der Waals surface area contributed by atoms with Crippen molar-refractivity contribution in [1.82, 2.24) is 0 Å². The van der Waals surface area contributed by atoms with Gasteiger partial charge in [-0.15, -0.1) is 0 Å². The summed E-state index contributed by atoms with van der Waals surface area (Å²) in [6, 6.07) is 7.59. The van der Waals surface area contributed by atoms with Gasteiger partial charge in [-0.2, -0.15) is 0 Å². The Morgan fingerprint density at radius 2 is 2.08 bits per heavy atom. The average Bonchev–Trinajstić information content (AvgIpc) is 2.18. The second-order valence-corrected chi connectivity index (χ2v) is 3.05. The number of benzene rings is 1. The lowest BCUT2D eigenvalue weighted by Gasteiger charge is -2.13. The summed E-state index contributed by atoms with van der Waals surface area (Å²) in [6.45, 7) is 2.05. The van der Waals surface area contributed by atoms with Crippen molar-refractivity contribution in [3.05, 3.63) is 29.8 Å². The number of para-hydroxylation sites is 1. The van der Waals surface area contributed by atoms with Crippen molar-refractivity contribution in [3.63, 3.8) is 0 Å². The highest BCUT2D eigenvalue weighted by atomic mass is 16.5. The molecular formula is C11H16O2. The number of ether oxygens (including phenoxy) is 1. The van der Waals surface area contributed by atoms with Crippen LogP contribution in [-0.2, 0) is 0 Å². The lowest BCUT2D eigenvalue weighted by molar-refractivity contribution is 0.162. The van der Waals surface area contributed by atoms with Crippen molar-refractivity contribution in [2.75, 3.05) is 7.11 Å². The molecule has 0 aliphatic carbocycles. The minimum Gasteiger partial charge on any atom is -0.496 e. The van der Waals surface area contributed by atoms with E-state index in [2.05, 4.69) is 6.92 Å². The first kappa shape index (κ1) is 10.1. The topological polar surface area (TPSA) is 29.5 Å². The van der Waals surface area contributed by atoms with Crippen molar-refractivity contribution < 1.29 is 9.84 Å². The van der Waals surface area contributed by atoms with Gasteiger partial charge < -0.3 is 9.84 Å². The summed E-state index contributed by atoms with van der Waals surface area (Å²) in [6.07, 6.45) is 1.35. The van der Waals surface area contributed by atoms with Crippen LogP contribution in [0.5, 0.6) is 5.75 Å². The van der Waals surface area contributed by atoms with Gasteiger partial charge in [-0.25, -0.2) is 0 Å². The summed E-state index contributed by atoms with van der Waals surface area (Å²) in [5, 5.41) is 9.75. The van der Waals surface area contributed by atoms with Gasteiger partial charge in [0.2, 0.25) is 0 Å². The fourth-order valence-corrected chi connectivity index (χ4v) is 1.37. The lowest BCUT2D eigenvalue weighted by atomic mass is 10.0. The maximum atomic E-state index is 9.75. The predicted molar refractivity (Wildman–Crippen MR) is 52.9 cm³/mol. The molecule has 13 heavy (non-hydrogen) atoms. The zero-order valence-corrected chi connectivity index (χ0v) is 8.16. The molecule has 0 radical (unpaired) electrons. The SMILES string of the molecule is CCC[C@@H](O)c1ccccc1OC. The minimum atomic E-state index is -0.402. The molecule has 0 spiro atoms. The van der Waals surface area contributed by atoms with E-state index in [1.54, 1.807) is 7.11 Å². The second kappa shape index (κ2) is 4.87. The van der Waals surface area contributed by atoms with Crippen LogP contribution < -0.4 is 4.74 Å². The van der Waals surface area contributed by atoms with Crippen molar-refractivity contribution >= 4 is 0 Å². The molecule has 0 aromatic heterocycles. The fraction of sp³-hybridized carbons (Fsp3) is 0.455. The molecule has 0 aliphatic heterocycles. The van der Waals surface area contributed by atoms with E-state index in [9.17, 15) is 5.11 Å². The first-order valence-corrected chi connectivity index (χ1v) is 4.60. The number of aliphatic hydroxyl groups is 1. The summed E-state index contributed by atoms with van der Waals surface area (Å²) < 4.78 is 5.15. The molecule has 0 fully saturated rings. The van der Waals surface area contributed by atoms with E-state index >= 15 is 0 Å². The fourth-order valence-electron chi connectivity index (χ4n) is 1.37. The molecule has 0 saturated carbocycles. The summed E-state index contributed by atoms with van der Waals surface area (Å²) in [5.74, 6) is 0.767. The second-order valence-electron chi connectivity index (χ2n) is 3.05. The van der Waals surface area contributed by atoms with Gasteiger partial charge >= 0.3 is 0 Å². The van der Waals surface area contributed by atoms with Gasteiger partial charge in [0, 0.05) is 5.56 Å². The smallest absolute Gasteiger partial charge is 0.124 e. The predicted octanol–water partition coefficient (Wildman–Crippen LogP) is 2.53. The van der Waals surface area contributed by atoms with Crippen LogP contribution in [0.1, 0.15) is 31.4 Å². The molecule has 2 nitrogen and oxygen atoms in total. The monoisotopic (exact) mass is 180 g/mol. The van der Waals surface area contributed by atoms with Crippen LogP contribution in [0, 0.1) is 0 Å². The molecule has 1 aromatic carbocycles. The Balaban J connectivity index is 2.85.